The highest BCUT2D eigenvalue weighted by Crippen LogP contribution is 2.30. The Labute approximate surface area is 111 Å². The lowest BCUT2D eigenvalue weighted by molar-refractivity contribution is 0.600. The van der Waals surface area contributed by atoms with Crippen molar-refractivity contribution in [1.82, 2.24) is 5.32 Å². The molecule has 2 fully saturated rings. The zero-order chi connectivity index (χ0) is 12.9. The van der Waals surface area contributed by atoms with Crippen LogP contribution in [0.2, 0.25) is 0 Å². The Morgan fingerprint density at radius 1 is 1.39 bits per heavy atom. The third-order valence-electron chi connectivity index (χ3n) is 3.33. The SMILES string of the molecule is Nc1cccc(N2C(=S)N[C@H]3CS(=O)(=O)C[C@H]32)c1. The second-order valence-electron chi connectivity index (χ2n) is 4.67. The summed E-state index contributed by atoms with van der Waals surface area (Å²) in [5.74, 6) is 0.288. The van der Waals surface area contributed by atoms with Crippen LogP contribution in [-0.4, -0.2) is 37.1 Å². The monoisotopic (exact) mass is 283 g/mol. The second-order valence-corrected chi connectivity index (χ2v) is 7.21. The van der Waals surface area contributed by atoms with Gasteiger partial charge in [0.2, 0.25) is 0 Å². The van der Waals surface area contributed by atoms with Crippen LogP contribution < -0.4 is 16.0 Å². The number of nitrogen functional groups attached to an aromatic ring is 1. The first-order valence-corrected chi connectivity index (χ1v) is 7.85. The molecule has 0 saturated carbocycles. The number of nitrogens with one attached hydrogen (secondary N) is 1. The third kappa shape index (κ3) is 1.83. The molecule has 0 amide bonds. The molecule has 1 aromatic carbocycles. The number of hydrogen-bond donors (Lipinski definition) is 2. The highest BCUT2D eigenvalue weighted by molar-refractivity contribution is 7.91. The number of sulfone groups is 1. The number of fused-ring (bicyclic) bond motifs is 1. The zero-order valence-electron chi connectivity index (χ0n) is 9.54. The molecule has 2 aliphatic rings. The number of benzene rings is 1. The van der Waals surface area contributed by atoms with Crippen LogP contribution in [-0.2, 0) is 9.84 Å². The van der Waals surface area contributed by atoms with Gasteiger partial charge in [0.1, 0.15) is 0 Å². The maximum Gasteiger partial charge on any atom is 0.174 e. The summed E-state index contributed by atoms with van der Waals surface area (Å²) >= 11 is 5.27. The molecule has 0 unspecified atom stereocenters. The van der Waals surface area contributed by atoms with Gasteiger partial charge in [0.05, 0.1) is 23.6 Å². The minimum absolute atomic E-state index is 0.107. The molecule has 2 aliphatic heterocycles. The molecule has 7 heteroatoms. The van der Waals surface area contributed by atoms with Gasteiger partial charge in [0, 0.05) is 11.4 Å². The molecular weight excluding hydrogens is 270 g/mol. The predicted molar refractivity (Wildman–Crippen MR) is 75.3 cm³/mol. The molecule has 18 heavy (non-hydrogen) atoms. The van der Waals surface area contributed by atoms with E-state index < -0.39 is 9.84 Å². The van der Waals surface area contributed by atoms with E-state index in [1.165, 1.54) is 0 Å². The van der Waals surface area contributed by atoms with Crippen molar-refractivity contribution in [1.29, 1.82) is 0 Å². The van der Waals surface area contributed by atoms with Gasteiger partial charge in [-0.1, -0.05) is 6.07 Å². The van der Waals surface area contributed by atoms with E-state index in [9.17, 15) is 8.42 Å². The van der Waals surface area contributed by atoms with Crippen molar-refractivity contribution in [2.75, 3.05) is 22.1 Å². The van der Waals surface area contributed by atoms with Gasteiger partial charge in [0.25, 0.3) is 0 Å². The number of thiocarbonyl (C=S) groups is 1. The number of anilines is 2. The van der Waals surface area contributed by atoms with E-state index in [2.05, 4.69) is 5.32 Å². The lowest BCUT2D eigenvalue weighted by atomic mass is 10.1. The summed E-state index contributed by atoms with van der Waals surface area (Å²) in [5.41, 5.74) is 7.24. The summed E-state index contributed by atoms with van der Waals surface area (Å²) in [4.78, 5) is 1.86. The third-order valence-corrected chi connectivity index (χ3v) is 5.36. The summed E-state index contributed by atoms with van der Waals surface area (Å²) < 4.78 is 23.3. The molecule has 3 rings (SSSR count). The summed E-state index contributed by atoms with van der Waals surface area (Å²) in [6.07, 6.45) is 0. The minimum atomic E-state index is -2.98. The van der Waals surface area contributed by atoms with Gasteiger partial charge in [-0.15, -0.1) is 0 Å². The van der Waals surface area contributed by atoms with Crippen LogP contribution in [0.1, 0.15) is 0 Å². The van der Waals surface area contributed by atoms with Gasteiger partial charge in [-0.3, -0.25) is 0 Å². The minimum Gasteiger partial charge on any atom is -0.399 e. The molecule has 0 spiro atoms. The van der Waals surface area contributed by atoms with Gasteiger partial charge in [-0.05, 0) is 30.4 Å². The van der Waals surface area contributed by atoms with Gasteiger partial charge < -0.3 is 16.0 Å². The molecule has 3 N–H and O–H groups in total. The Hall–Kier alpha value is -1.34. The average molecular weight is 283 g/mol. The van der Waals surface area contributed by atoms with Crippen LogP contribution in [0.4, 0.5) is 11.4 Å². The molecule has 0 aliphatic carbocycles. The molecule has 5 nitrogen and oxygen atoms in total. The van der Waals surface area contributed by atoms with Gasteiger partial charge >= 0.3 is 0 Å². The molecule has 0 aromatic heterocycles. The quantitative estimate of drug-likeness (QED) is 0.563. The van der Waals surface area contributed by atoms with E-state index in [0.29, 0.717) is 10.8 Å². The largest absolute Gasteiger partial charge is 0.399 e. The maximum absolute atomic E-state index is 11.7. The van der Waals surface area contributed by atoms with Crippen molar-refractivity contribution in [3.63, 3.8) is 0 Å². The fourth-order valence-electron chi connectivity index (χ4n) is 2.58. The van der Waals surface area contributed by atoms with Crippen molar-refractivity contribution in [3.05, 3.63) is 24.3 Å². The molecule has 2 heterocycles. The first-order chi connectivity index (χ1) is 8.46. The molecule has 0 radical (unpaired) electrons. The van der Waals surface area contributed by atoms with Crippen molar-refractivity contribution < 1.29 is 8.42 Å². The molecule has 1 aromatic rings. The first kappa shape index (κ1) is 11.7. The van der Waals surface area contributed by atoms with E-state index >= 15 is 0 Å². The topological polar surface area (TPSA) is 75.4 Å². The van der Waals surface area contributed by atoms with Crippen molar-refractivity contribution in [2.24, 2.45) is 0 Å². The number of nitrogens with zero attached hydrogens (tertiary/aromatic N) is 1. The normalized spacial score (nSPS) is 29.1. The number of nitrogens with two attached hydrogens (primary N) is 1. The predicted octanol–water partition coefficient (Wildman–Crippen LogP) is 0.129. The fourth-order valence-corrected chi connectivity index (χ4v) is 4.87. The van der Waals surface area contributed by atoms with Crippen molar-refractivity contribution in [2.45, 2.75) is 12.1 Å². The summed E-state index contributed by atoms with van der Waals surface area (Å²) in [7, 11) is -2.98. The standard InChI is InChI=1S/C11H13N3O2S2/c12-7-2-1-3-8(4-7)14-10-6-18(15,16)5-9(10)13-11(14)17/h1-4,9-10H,5-6,12H2,(H,13,17)/t9-,10+/m0/s1. The fraction of sp³-hybridized carbons (Fsp3) is 0.364. The second kappa shape index (κ2) is 3.83. The zero-order valence-corrected chi connectivity index (χ0v) is 11.2. The molecule has 96 valence electrons. The Kier molecular flexibility index (Phi) is 2.49. The van der Waals surface area contributed by atoms with Crippen LogP contribution in [0, 0.1) is 0 Å². The molecule has 0 bridgehead atoms. The van der Waals surface area contributed by atoms with Crippen LogP contribution in [0.3, 0.4) is 0 Å². The number of rotatable bonds is 1. The smallest absolute Gasteiger partial charge is 0.174 e. The average Bonchev–Trinajstić information content (AvgIpc) is 2.68. The molecular formula is C11H13N3O2S2. The highest BCUT2D eigenvalue weighted by Gasteiger charge is 2.47. The van der Waals surface area contributed by atoms with E-state index in [1.807, 2.05) is 17.0 Å². The van der Waals surface area contributed by atoms with Crippen molar-refractivity contribution in [3.8, 4) is 0 Å². The van der Waals surface area contributed by atoms with Crippen LogP contribution in [0.5, 0.6) is 0 Å². The van der Waals surface area contributed by atoms with Crippen molar-refractivity contribution >= 4 is 38.5 Å². The highest BCUT2D eigenvalue weighted by atomic mass is 32.2. The maximum atomic E-state index is 11.7. The number of hydrogen-bond acceptors (Lipinski definition) is 4. The van der Waals surface area contributed by atoms with E-state index in [-0.39, 0.29) is 23.6 Å². The van der Waals surface area contributed by atoms with Gasteiger partial charge in [0.15, 0.2) is 14.9 Å². The lowest BCUT2D eigenvalue weighted by Crippen LogP contribution is -2.36. The Balaban J connectivity index is 1.99. The Bertz CT molecular complexity index is 614. The summed E-state index contributed by atoms with van der Waals surface area (Å²) in [6.45, 7) is 0. The van der Waals surface area contributed by atoms with E-state index in [4.69, 9.17) is 18.0 Å². The van der Waals surface area contributed by atoms with Crippen LogP contribution in [0.15, 0.2) is 24.3 Å². The van der Waals surface area contributed by atoms with Gasteiger partial charge in [-0.2, -0.15) is 0 Å². The Morgan fingerprint density at radius 3 is 2.89 bits per heavy atom. The Morgan fingerprint density at radius 2 is 2.17 bits per heavy atom. The molecule has 2 atom stereocenters. The molecule has 2 saturated heterocycles. The van der Waals surface area contributed by atoms with Crippen LogP contribution in [0.25, 0.3) is 0 Å². The lowest BCUT2D eigenvalue weighted by Gasteiger charge is -2.23. The first-order valence-electron chi connectivity index (χ1n) is 5.62. The summed E-state index contributed by atoms with van der Waals surface area (Å²) in [6, 6.07) is 7.09. The van der Waals surface area contributed by atoms with E-state index in [0.717, 1.165) is 5.69 Å². The van der Waals surface area contributed by atoms with Gasteiger partial charge in [-0.25, -0.2) is 8.42 Å². The van der Waals surface area contributed by atoms with Crippen LogP contribution >= 0.6 is 12.2 Å². The summed E-state index contributed by atoms with van der Waals surface area (Å²) in [5, 5.41) is 3.65. The van der Waals surface area contributed by atoms with E-state index in [1.54, 1.807) is 12.1 Å².